The van der Waals surface area contributed by atoms with Gasteiger partial charge >= 0.3 is 0 Å². The quantitative estimate of drug-likeness (QED) is 0.273. The second kappa shape index (κ2) is 13.1. The topological polar surface area (TPSA) is 53.2 Å². The van der Waals surface area contributed by atoms with Crippen LogP contribution in [-0.2, 0) is 0 Å². The van der Waals surface area contributed by atoms with Crippen molar-refractivity contribution in [3.8, 4) is 6.07 Å². The van der Waals surface area contributed by atoms with Crippen LogP contribution in [0.4, 0.5) is 0 Å². The van der Waals surface area contributed by atoms with E-state index in [0.29, 0.717) is 0 Å². The minimum atomic E-state index is -0.249. The van der Waals surface area contributed by atoms with Gasteiger partial charge in [-0.1, -0.05) is 96.1 Å². The molecular formula is C26H46N2OS. The van der Waals surface area contributed by atoms with Crippen LogP contribution in [-0.4, -0.2) is 10.8 Å². The van der Waals surface area contributed by atoms with Crippen LogP contribution in [0.25, 0.3) is 0 Å². The average molecular weight is 435 g/mol. The van der Waals surface area contributed by atoms with Crippen molar-refractivity contribution in [1.29, 1.82) is 5.26 Å². The largest absolute Gasteiger partial charge is 0.198 e. The zero-order valence-electron chi connectivity index (χ0n) is 19.7. The van der Waals surface area contributed by atoms with Crippen LogP contribution >= 0.6 is 12.6 Å². The Morgan fingerprint density at radius 2 is 1.43 bits per heavy atom. The molecule has 0 spiro atoms. The lowest BCUT2D eigenvalue weighted by Crippen LogP contribution is -2.44. The Balaban J connectivity index is 2.21. The highest BCUT2D eigenvalue weighted by Crippen LogP contribution is 2.54. The maximum absolute atomic E-state index is 11.6. The second-order valence-corrected chi connectivity index (χ2v) is 11.4. The maximum atomic E-state index is 11.6. The van der Waals surface area contributed by atoms with E-state index in [-0.39, 0.29) is 28.0 Å². The highest BCUT2D eigenvalue weighted by Gasteiger charge is 2.49. The van der Waals surface area contributed by atoms with Gasteiger partial charge in [-0.2, -0.15) is 22.8 Å². The molecule has 0 N–H and O–H groups in total. The summed E-state index contributed by atoms with van der Waals surface area (Å²) >= 11 is 5.44. The fourth-order valence-electron chi connectivity index (χ4n) is 6.24. The summed E-state index contributed by atoms with van der Waals surface area (Å²) in [7, 11) is 0. The number of nitrogens with zero attached hydrogens (tertiary/aromatic N) is 2. The number of thiol groups is 1. The van der Waals surface area contributed by atoms with Crippen LogP contribution in [0.5, 0.6) is 0 Å². The van der Waals surface area contributed by atoms with Crippen molar-refractivity contribution in [3.05, 3.63) is 4.91 Å². The molecule has 30 heavy (non-hydrogen) atoms. The lowest BCUT2D eigenvalue weighted by atomic mass is 9.64. The van der Waals surface area contributed by atoms with E-state index in [2.05, 4.69) is 18.2 Å². The predicted molar refractivity (Wildman–Crippen MR) is 131 cm³/mol. The Morgan fingerprint density at radius 3 is 1.87 bits per heavy atom. The molecule has 2 rings (SSSR count). The van der Waals surface area contributed by atoms with Gasteiger partial charge in [-0.05, 0) is 43.9 Å². The molecule has 2 aliphatic rings. The molecule has 4 atom stereocenters. The SMILES string of the molecule is CC[C@@H](N=O)[C@H]1C[C@](S)(C2(C)CCCCCCCCCCCCC2)CCC[C@H]1C#N. The monoisotopic (exact) mass is 434 g/mol. The molecule has 2 aliphatic carbocycles. The zero-order valence-corrected chi connectivity index (χ0v) is 20.6. The van der Waals surface area contributed by atoms with Gasteiger partial charge < -0.3 is 0 Å². The minimum absolute atomic E-state index is 0.0521. The number of nitriles is 1. The molecule has 0 heterocycles. The van der Waals surface area contributed by atoms with Crippen molar-refractivity contribution in [2.75, 3.05) is 0 Å². The molecule has 3 nitrogen and oxygen atoms in total. The summed E-state index contributed by atoms with van der Waals surface area (Å²) in [6.45, 7) is 4.51. The van der Waals surface area contributed by atoms with Crippen LogP contribution in [0.3, 0.4) is 0 Å². The maximum Gasteiger partial charge on any atom is 0.0958 e. The van der Waals surface area contributed by atoms with E-state index in [0.717, 1.165) is 32.1 Å². The summed E-state index contributed by atoms with van der Waals surface area (Å²) in [4.78, 5) is 11.6. The molecule has 0 aliphatic heterocycles. The first-order valence-electron chi connectivity index (χ1n) is 12.9. The van der Waals surface area contributed by atoms with Crippen LogP contribution in [0.2, 0.25) is 0 Å². The molecule has 172 valence electrons. The fourth-order valence-corrected chi connectivity index (χ4v) is 6.84. The van der Waals surface area contributed by atoms with Gasteiger partial charge in [-0.25, -0.2) is 0 Å². The van der Waals surface area contributed by atoms with Gasteiger partial charge in [0, 0.05) is 10.7 Å². The average Bonchev–Trinajstić information content (AvgIpc) is 2.91. The summed E-state index contributed by atoms with van der Waals surface area (Å²) in [5.74, 6) is 0.00574. The van der Waals surface area contributed by atoms with Crippen molar-refractivity contribution >= 4 is 12.6 Å². The number of rotatable bonds is 4. The lowest BCUT2D eigenvalue weighted by molar-refractivity contribution is 0.136. The molecule has 0 aromatic rings. The van der Waals surface area contributed by atoms with Crippen molar-refractivity contribution < 1.29 is 0 Å². The van der Waals surface area contributed by atoms with Crippen LogP contribution in [0, 0.1) is 33.5 Å². The third kappa shape index (κ3) is 6.98. The smallest absolute Gasteiger partial charge is 0.0958 e. The van der Waals surface area contributed by atoms with Gasteiger partial charge in [0.05, 0.1) is 18.0 Å². The highest BCUT2D eigenvalue weighted by atomic mass is 32.1. The van der Waals surface area contributed by atoms with Gasteiger partial charge in [0.1, 0.15) is 0 Å². The van der Waals surface area contributed by atoms with E-state index >= 15 is 0 Å². The molecule has 0 amide bonds. The Morgan fingerprint density at radius 1 is 0.933 bits per heavy atom. The standard InChI is InChI=1S/C26H46N2OS/c1-3-24(28-29)23-20-26(30,19-15-16-22(23)21-27)25(2)17-13-11-9-7-5-4-6-8-10-12-14-18-25/h22-24,30H,3-20H2,1-2H3/t22-,23-,24+,26-/m0/s1. The van der Waals surface area contributed by atoms with Gasteiger partial charge in [0.25, 0.3) is 0 Å². The molecule has 2 saturated carbocycles. The Bertz CT molecular complexity index is 532. The van der Waals surface area contributed by atoms with Crippen molar-refractivity contribution in [2.45, 2.75) is 140 Å². The van der Waals surface area contributed by atoms with Crippen molar-refractivity contribution in [2.24, 2.45) is 22.4 Å². The normalized spacial score (nSPS) is 33.4. The Hall–Kier alpha value is -0.560. The summed E-state index contributed by atoms with van der Waals surface area (Å²) in [5.41, 5.74) is 0.171. The molecule has 0 aromatic carbocycles. The first-order chi connectivity index (χ1) is 14.5. The molecule has 0 unspecified atom stereocenters. The molecule has 0 bridgehead atoms. The second-order valence-electron chi connectivity index (χ2n) is 10.6. The number of hydrogen-bond acceptors (Lipinski definition) is 4. The zero-order chi connectivity index (χ0) is 21.9. The van der Waals surface area contributed by atoms with Gasteiger partial charge in [-0.15, -0.1) is 0 Å². The van der Waals surface area contributed by atoms with Crippen molar-refractivity contribution in [1.82, 2.24) is 0 Å². The van der Waals surface area contributed by atoms with E-state index in [1.54, 1.807) is 0 Å². The molecular weight excluding hydrogens is 388 g/mol. The van der Waals surface area contributed by atoms with E-state index in [1.165, 1.54) is 83.5 Å². The molecule has 2 fully saturated rings. The Labute approximate surface area is 191 Å². The summed E-state index contributed by atoms with van der Waals surface area (Å²) in [6, 6.07) is 2.28. The lowest BCUT2D eigenvalue weighted by Gasteiger charge is -2.48. The van der Waals surface area contributed by atoms with Gasteiger partial charge in [0.2, 0.25) is 0 Å². The van der Waals surface area contributed by atoms with Crippen LogP contribution < -0.4 is 0 Å². The number of nitroso groups, excluding NO2 is 1. The summed E-state index contributed by atoms with van der Waals surface area (Å²) in [6.07, 6.45) is 22.0. The van der Waals surface area contributed by atoms with Crippen molar-refractivity contribution in [3.63, 3.8) is 0 Å². The van der Waals surface area contributed by atoms with Gasteiger partial charge in [0.15, 0.2) is 0 Å². The van der Waals surface area contributed by atoms with Gasteiger partial charge in [-0.3, -0.25) is 0 Å². The van der Waals surface area contributed by atoms with Crippen LogP contribution in [0.15, 0.2) is 5.18 Å². The molecule has 0 saturated heterocycles. The molecule has 4 heteroatoms. The Kier molecular flexibility index (Phi) is 11.2. The van der Waals surface area contributed by atoms with E-state index in [9.17, 15) is 10.2 Å². The van der Waals surface area contributed by atoms with Crippen LogP contribution in [0.1, 0.15) is 129 Å². The first kappa shape index (κ1) is 25.7. The summed E-state index contributed by atoms with van der Waals surface area (Å²) < 4.78 is -0.0988. The minimum Gasteiger partial charge on any atom is -0.198 e. The van der Waals surface area contributed by atoms with E-state index in [4.69, 9.17) is 12.6 Å². The predicted octanol–water partition coefficient (Wildman–Crippen LogP) is 8.62. The molecule has 0 aromatic heterocycles. The fraction of sp³-hybridized carbons (Fsp3) is 0.962. The highest BCUT2D eigenvalue weighted by molar-refractivity contribution is 7.81. The summed E-state index contributed by atoms with van der Waals surface area (Å²) in [5, 5.41) is 13.3. The van der Waals surface area contributed by atoms with E-state index in [1.807, 2.05) is 6.92 Å². The number of hydrogen-bond donors (Lipinski definition) is 1. The third-order valence-corrected chi connectivity index (χ3v) is 9.44. The van der Waals surface area contributed by atoms with E-state index < -0.39 is 0 Å². The first-order valence-corrected chi connectivity index (χ1v) is 13.4. The third-order valence-electron chi connectivity index (χ3n) is 8.49. The molecule has 0 radical (unpaired) electrons.